The first-order valence-electron chi connectivity index (χ1n) is 2.67. The van der Waals surface area contributed by atoms with E-state index in [0.29, 0.717) is 6.42 Å². The summed E-state index contributed by atoms with van der Waals surface area (Å²) < 4.78 is 0.912. The third kappa shape index (κ3) is 2.45. The molecule has 0 aliphatic carbocycles. The highest BCUT2D eigenvalue weighted by Gasteiger charge is 1.95. The summed E-state index contributed by atoms with van der Waals surface area (Å²) in [5, 5.41) is 7.44. The molecule has 0 aromatic carbocycles. The van der Waals surface area contributed by atoms with Crippen LogP contribution in [0.1, 0.15) is 6.42 Å². The standard InChI is InChI=1S/C5H5N2OS2/c8-2-1-3-9-5-7-6-4-10-5/h4H,1,3H2. The number of hydrogen-bond acceptors (Lipinski definition) is 5. The van der Waals surface area contributed by atoms with Gasteiger partial charge in [0.15, 0.2) is 10.6 Å². The zero-order chi connectivity index (χ0) is 7.23. The fraction of sp³-hybridized carbons (Fsp3) is 0.400. The van der Waals surface area contributed by atoms with Gasteiger partial charge >= 0.3 is 0 Å². The molecule has 0 amide bonds. The second kappa shape index (κ2) is 4.40. The van der Waals surface area contributed by atoms with Gasteiger partial charge in [-0.1, -0.05) is 23.1 Å². The van der Waals surface area contributed by atoms with E-state index in [-0.39, 0.29) is 0 Å². The van der Waals surface area contributed by atoms with Crippen molar-refractivity contribution < 1.29 is 4.79 Å². The van der Waals surface area contributed by atoms with E-state index in [2.05, 4.69) is 10.2 Å². The number of carbonyl (C=O) groups excluding carboxylic acids is 1. The molecule has 0 atom stereocenters. The first-order valence-corrected chi connectivity index (χ1v) is 4.54. The van der Waals surface area contributed by atoms with E-state index in [0.717, 1.165) is 10.1 Å². The molecule has 0 aliphatic heterocycles. The van der Waals surface area contributed by atoms with E-state index in [1.165, 1.54) is 23.1 Å². The Bertz CT molecular complexity index is 188. The van der Waals surface area contributed by atoms with E-state index in [9.17, 15) is 4.79 Å². The zero-order valence-corrected chi connectivity index (χ0v) is 6.74. The Morgan fingerprint density at radius 3 is 3.30 bits per heavy atom. The van der Waals surface area contributed by atoms with Crippen molar-refractivity contribution in [2.24, 2.45) is 0 Å². The fourth-order valence-electron chi connectivity index (χ4n) is 0.406. The van der Waals surface area contributed by atoms with Crippen molar-refractivity contribution in [1.29, 1.82) is 0 Å². The maximum atomic E-state index is 9.76. The molecule has 10 heavy (non-hydrogen) atoms. The topological polar surface area (TPSA) is 42.9 Å². The molecule has 0 N–H and O–H groups in total. The van der Waals surface area contributed by atoms with E-state index in [4.69, 9.17) is 0 Å². The average molecular weight is 173 g/mol. The van der Waals surface area contributed by atoms with Gasteiger partial charge in [0.25, 0.3) is 0 Å². The Morgan fingerprint density at radius 2 is 2.70 bits per heavy atom. The number of nitrogens with zero attached hydrogens (tertiary/aromatic N) is 2. The van der Waals surface area contributed by atoms with Gasteiger partial charge in [-0.25, -0.2) is 0 Å². The van der Waals surface area contributed by atoms with Crippen LogP contribution in [0.15, 0.2) is 9.85 Å². The van der Waals surface area contributed by atoms with Crippen molar-refractivity contribution in [3.8, 4) is 0 Å². The maximum absolute atomic E-state index is 9.76. The summed E-state index contributed by atoms with van der Waals surface area (Å²) in [7, 11) is 0. The SMILES string of the molecule is O=[C]CCSc1nncs1. The summed E-state index contributed by atoms with van der Waals surface area (Å²) in [6.07, 6.45) is 2.28. The van der Waals surface area contributed by atoms with Crippen LogP contribution in [0.25, 0.3) is 0 Å². The maximum Gasteiger partial charge on any atom is 0.199 e. The molecule has 0 bridgehead atoms. The summed E-state index contributed by atoms with van der Waals surface area (Å²) in [5.41, 5.74) is 1.67. The van der Waals surface area contributed by atoms with Gasteiger partial charge in [-0.15, -0.1) is 10.2 Å². The first kappa shape index (κ1) is 7.68. The molecule has 0 saturated heterocycles. The van der Waals surface area contributed by atoms with Gasteiger partial charge in [0.05, 0.1) is 0 Å². The van der Waals surface area contributed by atoms with Gasteiger partial charge < -0.3 is 0 Å². The molecule has 1 aromatic rings. The van der Waals surface area contributed by atoms with Crippen molar-refractivity contribution in [2.45, 2.75) is 10.8 Å². The van der Waals surface area contributed by atoms with E-state index >= 15 is 0 Å². The molecule has 5 heteroatoms. The Labute approximate surface area is 66.9 Å². The molecule has 1 heterocycles. The third-order valence-electron chi connectivity index (χ3n) is 0.770. The minimum Gasteiger partial charge on any atom is -0.291 e. The van der Waals surface area contributed by atoms with Crippen molar-refractivity contribution in [3.05, 3.63) is 5.51 Å². The number of hydrogen-bond donors (Lipinski definition) is 0. The van der Waals surface area contributed by atoms with Gasteiger partial charge in [-0.05, 0) is 0 Å². The molecule has 3 nitrogen and oxygen atoms in total. The molecule has 0 fully saturated rings. The molecular formula is C5H5N2OS2. The number of rotatable bonds is 4. The van der Waals surface area contributed by atoms with Crippen LogP contribution in [-0.4, -0.2) is 22.2 Å². The average Bonchev–Trinajstić information content (AvgIpc) is 2.41. The lowest BCUT2D eigenvalue weighted by molar-refractivity contribution is 0.554. The van der Waals surface area contributed by atoms with Crippen LogP contribution in [0, 0.1) is 0 Å². The lowest BCUT2D eigenvalue weighted by Gasteiger charge is -1.86. The molecule has 0 saturated carbocycles. The van der Waals surface area contributed by atoms with Gasteiger partial charge in [0.2, 0.25) is 0 Å². The highest BCUT2D eigenvalue weighted by atomic mass is 32.2. The molecule has 1 aromatic heterocycles. The quantitative estimate of drug-likeness (QED) is 0.505. The lowest BCUT2D eigenvalue weighted by Crippen LogP contribution is -1.79. The summed E-state index contributed by atoms with van der Waals surface area (Å²) in [5.74, 6) is 0.749. The van der Waals surface area contributed by atoms with Gasteiger partial charge in [-0.3, -0.25) is 4.79 Å². The van der Waals surface area contributed by atoms with E-state index in [1.54, 1.807) is 5.51 Å². The Hall–Kier alpha value is -0.420. The molecule has 0 spiro atoms. The molecule has 53 valence electrons. The predicted molar refractivity (Wildman–Crippen MR) is 40.9 cm³/mol. The second-order valence-corrected chi connectivity index (χ2v) is 3.62. The highest BCUT2D eigenvalue weighted by molar-refractivity contribution is 8.01. The predicted octanol–water partition coefficient (Wildman–Crippen LogP) is 1.13. The monoisotopic (exact) mass is 173 g/mol. The van der Waals surface area contributed by atoms with Crippen LogP contribution in [0.3, 0.4) is 0 Å². The second-order valence-electron chi connectivity index (χ2n) is 1.45. The van der Waals surface area contributed by atoms with Gasteiger partial charge in [0.1, 0.15) is 5.51 Å². The van der Waals surface area contributed by atoms with Crippen molar-refractivity contribution in [2.75, 3.05) is 5.75 Å². The smallest absolute Gasteiger partial charge is 0.199 e. The minimum atomic E-state index is 0.463. The van der Waals surface area contributed by atoms with Crippen molar-refractivity contribution in [3.63, 3.8) is 0 Å². The summed E-state index contributed by atoms with van der Waals surface area (Å²) >= 11 is 3.02. The fourth-order valence-corrected chi connectivity index (χ4v) is 1.80. The summed E-state index contributed by atoms with van der Waals surface area (Å²) in [6, 6.07) is 0. The Morgan fingerprint density at radius 1 is 1.80 bits per heavy atom. The van der Waals surface area contributed by atoms with Crippen LogP contribution in [0.4, 0.5) is 0 Å². The van der Waals surface area contributed by atoms with Crippen molar-refractivity contribution >= 4 is 29.4 Å². The first-order chi connectivity index (χ1) is 4.93. The third-order valence-corrected chi connectivity index (χ3v) is 2.63. The van der Waals surface area contributed by atoms with Gasteiger partial charge in [0, 0.05) is 12.2 Å². The lowest BCUT2D eigenvalue weighted by atomic mass is 10.6. The largest absolute Gasteiger partial charge is 0.291 e. The molecule has 0 unspecified atom stereocenters. The molecule has 1 rings (SSSR count). The molecule has 0 aliphatic rings. The number of aromatic nitrogens is 2. The van der Waals surface area contributed by atoms with Crippen LogP contribution >= 0.6 is 23.1 Å². The molecule has 1 radical (unpaired) electrons. The van der Waals surface area contributed by atoms with E-state index < -0.39 is 0 Å². The van der Waals surface area contributed by atoms with Gasteiger partial charge in [-0.2, -0.15) is 0 Å². The minimum absolute atomic E-state index is 0.463. The van der Waals surface area contributed by atoms with Crippen LogP contribution < -0.4 is 0 Å². The Balaban J connectivity index is 2.21. The van der Waals surface area contributed by atoms with Crippen LogP contribution in [0.2, 0.25) is 0 Å². The van der Waals surface area contributed by atoms with Crippen molar-refractivity contribution in [1.82, 2.24) is 10.2 Å². The summed E-state index contributed by atoms with van der Waals surface area (Å²) in [6.45, 7) is 0. The molecular weight excluding hydrogens is 168 g/mol. The van der Waals surface area contributed by atoms with Crippen LogP contribution in [-0.2, 0) is 4.79 Å². The Kier molecular flexibility index (Phi) is 3.38. The number of thioether (sulfide) groups is 1. The zero-order valence-electron chi connectivity index (χ0n) is 5.11. The van der Waals surface area contributed by atoms with Crippen LogP contribution in [0.5, 0.6) is 0 Å². The highest BCUT2D eigenvalue weighted by Crippen LogP contribution is 2.18. The van der Waals surface area contributed by atoms with E-state index in [1.807, 2.05) is 6.29 Å². The summed E-state index contributed by atoms with van der Waals surface area (Å²) in [4.78, 5) is 9.76. The normalized spacial score (nSPS) is 9.60.